The fourth-order valence-corrected chi connectivity index (χ4v) is 4.37. The summed E-state index contributed by atoms with van der Waals surface area (Å²) >= 11 is 0. The van der Waals surface area contributed by atoms with Crippen molar-refractivity contribution in [3.05, 3.63) is 100 Å². The molecule has 1 aliphatic rings. The van der Waals surface area contributed by atoms with E-state index in [4.69, 9.17) is 0 Å². The topological polar surface area (TPSA) is 9.23 Å². The molecule has 0 amide bonds. The highest BCUT2D eigenvalue weighted by Crippen LogP contribution is 2.44. The number of alkyl halides is 2. The van der Waals surface area contributed by atoms with Gasteiger partial charge in [-0.2, -0.15) is 8.78 Å². The van der Waals surface area contributed by atoms with Gasteiger partial charge in [0.25, 0.3) is 0 Å². The molecule has 0 heterocycles. The van der Waals surface area contributed by atoms with Crippen LogP contribution in [-0.2, 0) is 6.11 Å². The van der Waals surface area contributed by atoms with Crippen LogP contribution in [0, 0.1) is 35.0 Å². The van der Waals surface area contributed by atoms with Gasteiger partial charge < -0.3 is 4.74 Å². The number of benzene rings is 3. The van der Waals surface area contributed by atoms with E-state index in [0.29, 0.717) is 43.2 Å². The Hall–Kier alpha value is -3.43. The quantitative estimate of drug-likeness (QED) is 0.228. The van der Waals surface area contributed by atoms with Gasteiger partial charge in [0, 0.05) is 23.5 Å². The fraction of sp³-hybridized carbons (Fsp3) is 0.259. The number of rotatable bonds is 6. The molecule has 10 heteroatoms. The van der Waals surface area contributed by atoms with Gasteiger partial charge in [0.2, 0.25) is 0 Å². The molecule has 4 rings (SSSR count). The van der Waals surface area contributed by atoms with Gasteiger partial charge in [0.15, 0.2) is 17.5 Å². The van der Waals surface area contributed by atoms with Crippen LogP contribution in [0.1, 0.15) is 43.2 Å². The van der Waals surface area contributed by atoms with Crippen LogP contribution in [0.3, 0.4) is 0 Å². The molecule has 2 unspecified atom stereocenters. The standard InChI is InChI=1S/C27H19F9O/c1-2-13-3-6-18(25(33)24(13)32)14-4-8-19(21(29)9-14)27(35,36)37-16-5-7-17(20(28)12-16)15-10-22(30)26(34)23(31)11-15/h4-5,7-13,18H,2-3,6H2,1H3. The molecule has 3 aromatic carbocycles. The Kier molecular flexibility index (Phi) is 7.30. The van der Waals surface area contributed by atoms with Crippen LogP contribution in [-0.4, -0.2) is 0 Å². The van der Waals surface area contributed by atoms with E-state index in [1.807, 2.05) is 0 Å². The SMILES string of the molecule is CCC1CCC(c2ccc(C(F)(F)Oc3ccc(-c4cc(F)c(F)c(F)c4)c(F)c3)c(F)c2)C(F)=C1F. The van der Waals surface area contributed by atoms with Crippen LogP contribution in [0.15, 0.2) is 60.2 Å². The van der Waals surface area contributed by atoms with Gasteiger partial charge in [0.05, 0.1) is 5.56 Å². The molecule has 0 aromatic heterocycles. The zero-order valence-corrected chi connectivity index (χ0v) is 19.2. The van der Waals surface area contributed by atoms with Crippen LogP contribution >= 0.6 is 0 Å². The van der Waals surface area contributed by atoms with E-state index in [9.17, 15) is 39.5 Å². The average Bonchev–Trinajstić information content (AvgIpc) is 2.83. The number of ether oxygens (including phenoxy) is 1. The van der Waals surface area contributed by atoms with Gasteiger partial charge in [-0.25, -0.2) is 30.7 Å². The molecule has 1 nitrogen and oxygen atoms in total. The number of hydrogen-bond acceptors (Lipinski definition) is 1. The first-order chi connectivity index (χ1) is 17.4. The van der Waals surface area contributed by atoms with Crippen molar-refractivity contribution in [1.29, 1.82) is 0 Å². The third-order valence-corrected chi connectivity index (χ3v) is 6.38. The van der Waals surface area contributed by atoms with Crippen molar-refractivity contribution in [2.75, 3.05) is 0 Å². The molecule has 3 aromatic rings. The largest absolute Gasteiger partial charge is 0.429 e. The summed E-state index contributed by atoms with van der Waals surface area (Å²) in [5.74, 6) is -12.0. The van der Waals surface area contributed by atoms with Crippen LogP contribution in [0.4, 0.5) is 39.5 Å². The lowest BCUT2D eigenvalue weighted by molar-refractivity contribution is -0.187. The van der Waals surface area contributed by atoms with Gasteiger partial charge in [-0.3, -0.25) is 0 Å². The minimum Gasteiger partial charge on any atom is -0.429 e. The summed E-state index contributed by atoms with van der Waals surface area (Å²) in [7, 11) is 0. The van der Waals surface area contributed by atoms with E-state index in [2.05, 4.69) is 4.74 Å². The Morgan fingerprint density at radius 3 is 2.03 bits per heavy atom. The Labute approximate surface area is 206 Å². The minimum absolute atomic E-state index is 0.0200. The molecule has 0 spiro atoms. The number of halogens is 9. The first-order valence-corrected chi connectivity index (χ1v) is 11.3. The highest BCUT2D eigenvalue weighted by Gasteiger charge is 2.39. The third kappa shape index (κ3) is 5.19. The summed E-state index contributed by atoms with van der Waals surface area (Å²) in [6.07, 6.45) is -3.41. The summed E-state index contributed by atoms with van der Waals surface area (Å²) in [6, 6.07) is 5.68. The normalized spacial score (nSPS) is 18.3. The van der Waals surface area contributed by atoms with Crippen molar-refractivity contribution in [2.45, 2.75) is 38.2 Å². The maximum absolute atomic E-state index is 14.7. The predicted molar refractivity (Wildman–Crippen MR) is 118 cm³/mol. The van der Waals surface area contributed by atoms with Crippen molar-refractivity contribution in [2.24, 2.45) is 5.92 Å². The molecule has 0 radical (unpaired) electrons. The molecular formula is C27H19F9O. The summed E-state index contributed by atoms with van der Waals surface area (Å²) in [4.78, 5) is 0. The van der Waals surface area contributed by atoms with E-state index in [1.165, 1.54) is 0 Å². The van der Waals surface area contributed by atoms with Crippen LogP contribution < -0.4 is 4.74 Å². The van der Waals surface area contributed by atoms with Crippen LogP contribution in [0.5, 0.6) is 5.75 Å². The Balaban J connectivity index is 1.57. The highest BCUT2D eigenvalue weighted by atomic mass is 19.3. The zero-order valence-electron chi connectivity index (χ0n) is 19.2. The average molecular weight is 530 g/mol. The van der Waals surface area contributed by atoms with Crippen molar-refractivity contribution < 1.29 is 44.3 Å². The predicted octanol–water partition coefficient (Wildman–Crippen LogP) is 9.23. The first kappa shape index (κ1) is 26.6. The third-order valence-electron chi connectivity index (χ3n) is 6.38. The highest BCUT2D eigenvalue weighted by molar-refractivity contribution is 5.65. The molecule has 0 bridgehead atoms. The molecule has 0 fully saturated rings. The van der Waals surface area contributed by atoms with Crippen molar-refractivity contribution in [1.82, 2.24) is 0 Å². The van der Waals surface area contributed by atoms with Gasteiger partial charge in [0.1, 0.15) is 29.0 Å². The fourth-order valence-electron chi connectivity index (χ4n) is 4.37. The summed E-state index contributed by atoms with van der Waals surface area (Å²) in [5, 5.41) is 0. The van der Waals surface area contributed by atoms with E-state index in [1.54, 1.807) is 6.92 Å². The van der Waals surface area contributed by atoms with Crippen LogP contribution in [0.2, 0.25) is 0 Å². The monoisotopic (exact) mass is 530 g/mol. The molecule has 0 saturated carbocycles. The van der Waals surface area contributed by atoms with Gasteiger partial charge >= 0.3 is 6.11 Å². The molecule has 0 aliphatic heterocycles. The Morgan fingerprint density at radius 1 is 0.757 bits per heavy atom. The summed E-state index contributed by atoms with van der Waals surface area (Å²) in [6.45, 7) is 1.70. The van der Waals surface area contributed by atoms with Crippen molar-refractivity contribution in [3.63, 3.8) is 0 Å². The maximum Gasteiger partial charge on any atom is 0.429 e. The molecular weight excluding hydrogens is 511 g/mol. The summed E-state index contributed by atoms with van der Waals surface area (Å²) in [5.41, 5.74) is -2.06. The van der Waals surface area contributed by atoms with Gasteiger partial charge in [-0.05, 0) is 66.8 Å². The van der Waals surface area contributed by atoms with E-state index in [-0.39, 0.29) is 17.5 Å². The molecule has 1 aliphatic carbocycles. The lowest BCUT2D eigenvalue weighted by atomic mass is 9.81. The second kappa shape index (κ2) is 10.1. The van der Waals surface area contributed by atoms with E-state index in [0.717, 1.165) is 18.2 Å². The molecule has 2 atom stereocenters. The van der Waals surface area contributed by atoms with E-state index >= 15 is 0 Å². The second-order valence-electron chi connectivity index (χ2n) is 8.68. The van der Waals surface area contributed by atoms with Crippen LogP contribution in [0.25, 0.3) is 11.1 Å². The second-order valence-corrected chi connectivity index (χ2v) is 8.68. The minimum atomic E-state index is -4.30. The molecule has 0 saturated heterocycles. The smallest absolute Gasteiger partial charge is 0.429 e. The Morgan fingerprint density at radius 2 is 1.43 bits per heavy atom. The van der Waals surface area contributed by atoms with Gasteiger partial charge in [-0.15, -0.1) is 0 Å². The number of hydrogen-bond donors (Lipinski definition) is 0. The Bertz CT molecular complexity index is 1340. The molecule has 37 heavy (non-hydrogen) atoms. The number of allylic oxidation sites excluding steroid dienone is 2. The molecule has 0 N–H and O–H groups in total. The lowest BCUT2D eigenvalue weighted by Gasteiger charge is -2.26. The first-order valence-electron chi connectivity index (χ1n) is 11.3. The van der Waals surface area contributed by atoms with Crippen molar-refractivity contribution >= 4 is 0 Å². The van der Waals surface area contributed by atoms with Crippen molar-refractivity contribution in [3.8, 4) is 16.9 Å². The lowest BCUT2D eigenvalue weighted by Crippen LogP contribution is -2.24. The zero-order chi connectivity index (χ0) is 27.1. The molecule has 196 valence electrons. The van der Waals surface area contributed by atoms with E-state index < -0.39 is 75.6 Å². The van der Waals surface area contributed by atoms with Gasteiger partial charge in [-0.1, -0.05) is 13.0 Å². The maximum atomic E-state index is 14.7. The summed E-state index contributed by atoms with van der Waals surface area (Å²) < 4.78 is 132.